The van der Waals surface area contributed by atoms with E-state index in [-0.39, 0.29) is 12.6 Å². The number of fused-ring (bicyclic) bond motifs is 1. The van der Waals surface area contributed by atoms with Crippen molar-refractivity contribution in [2.75, 3.05) is 62.6 Å². The highest BCUT2D eigenvalue weighted by Gasteiger charge is 2.18. The number of anilines is 4. The Hall–Kier alpha value is -4.95. The van der Waals surface area contributed by atoms with E-state index in [1.54, 1.807) is 31.2 Å². The van der Waals surface area contributed by atoms with Crippen molar-refractivity contribution in [2.24, 2.45) is 0 Å². The molecule has 5 aromatic rings. The number of morpholine rings is 1. The molecule has 6 rings (SSSR count). The summed E-state index contributed by atoms with van der Waals surface area (Å²) in [7, 11) is 3.19. The monoisotopic (exact) mass is 632 g/mol. The third-order valence-corrected chi connectivity index (χ3v) is 7.26. The van der Waals surface area contributed by atoms with Gasteiger partial charge in [0.1, 0.15) is 23.8 Å². The first-order valence-corrected chi connectivity index (χ1v) is 14.8. The van der Waals surface area contributed by atoms with Crippen LogP contribution in [0.5, 0.6) is 17.5 Å². The number of pyridine rings is 1. The van der Waals surface area contributed by atoms with Gasteiger partial charge in [-0.2, -0.15) is 15.0 Å². The minimum absolute atomic E-state index is 0.142. The average Bonchev–Trinajstić information content (AvgIpc) is 3.53. The van der Waals surface area contributed by atoms with E-state index < -0.39 is 0 Å². The second-order valence-corrected chi connectivity index (χ2v) is 10.6. The predicted octanol–water partition coefficient (Wildman–Crippen LogP) is 4.34. The zero-order valence-electron chi connectivity index (χ0n) is 24.9. The molecule has 15 heteroatoms. The summed E-state index contributed by atoms with van der Waals surface area (Å²) in [6, 6.07) is 13.3. The number of nitrogens with one attached hydrogen (secondary N) is 2. The standard InChI is InChI=1S/C30H33ClN10O4/c1-42-23-15-21(16-24(17-23)43-2)34-28-35-29(40-10-12-44-13-11-40)37-30(36-28)45-19-22-18-41(39-38-22)9-3-7-32-26-6-8-33-27-14-20(31)4-5-25(26)27/h4-6,8,14-18H,3,7,9-13,19H2,1-2H3,(H,32,33)(H,34,35,36,37). The number of aromatic nitrogens is 7. The smallest absolute Gasteiger partial charge is 0.323 e. The molecule has 2 aromatic carbocycles. The first-order chi connectivity index (χ1) is 22.1. The Morgan fingerprint density at radius 2 is 1.80 bits per heavy atom. The van der Waals surface area contributed by atoms with E-state index in [2.05, 4.69) is 40.9 Å². The molecule has 4 heterocycles. The fourth-order valence-electron chi connectivity index (χ4n) is 4.77. The van der Waals surface area contributed by atoms with E-state index in [0.717, 1.165) is 29.6 Å². The van der Waals surface area contributed by atoms with Crippen LogP contribution in [0.4, 0.5) is 23.3 Å². The van der Waals surface area contributed by atoms with Gasteiger partial charge in [0, 0.05) is 72.4 Å². The molecule has 1 aliphatic rings. The summed E-state index contributed by atoms with van der Waals surface area (Å²) in [4.78, 5) is 20.1. The van der Waals surface area contributed by atoms with Gasteiger partial charge in [-0.3, -0.25) is 9.67 Å². The molecule has 14 nitrogen and oxygen atoms in total. The largest absolute Gasteiger partial charge is 0.497 e. The van der Waals surface area contributed by atoms with Crippen LogP contribution in [0.25, 0.3) is 10.9 Å². The maximum absolute atomic E-state index is 6.11. The Labute approximate surface area is 264 Å². The van der Waals surface area contributed by atoms with Gasteiger partial charge in [-0.25, -0.2) is 0 Å². The number of methoxy groups -OCH3 is 2. The zero-order valence-corrected chi connectivity index (χ0v) is 25.7. The van der Waals surface area contributed by atoms with Gasteiger partial charge >= 0.3 is 6.01 Å². The molecule has 0 aliphatic carbocycles. The van der Waals surface area contributed by atoms with Crippen molar-refractivity contribution in [3.8, 4) is 17.5 Å². The minimum atomic E-state index is 0.142. The van der Waals surface area contributed by atoms with Crippen molar-refractivity contribution in [2.45, 2.75) is 19.6 Å². The van der Waals surface area contributed by atoms with E-state index >= 15 is 0 Å². The summed E-state index contributed by atoms with van der Waals surface area (Å²) in [5.74, 6) is 2.07. The molecule has 45 heavy (non-hydrogen) atoms. The second-order valence-electron chi connectivity index (χ2n) is 10.1. The van der Waals surface area contributed by atoms with E-state index in [9.17, 15) is 0 Å². The molecule has 0 amide bonds. The highest BCUT2D eigenvalue weighted by Crippen LogP contribution is 2.28. The zero-order chi connectivity index (χ0) is 31.0. The SMILES string of the molecule is COc1cc(Nc2nc(OCc3cn(CCCNc4ccnc5cc(Cl)ccc45)nn3)nc(N3CCOCC3)n2)cc(OC)c1. The fraction of sp³-hybridized carbons (Fsp3) is 0.333. The predicted molar refractivity (Wildman–Crippen MR) is 170 cm³/mol. The topological polar surface area (TPSA) is 146 Å². The van der Waals surface area contributed by atoms with Crippen LogP contribution in [0.3, 0.4) is 0 Å². The minimum Gasteiger partial charge on any atom is -0.497 e. The van der Waals surface area contributed by atoms with E-state index in [1.807, 2.05) is 47.5 Å². The van der Waals surface area contributed by atoms with Crippen LogP contribution in [0, 0.1) is 0 Å². The molecular formula is C30H33ClN10O4. The van der Waals surface area contributed by atoms with Crippen LogP contribution < -0.4 is 29.7 Å². The molecule has 1 aliphatic heterocycles. The Balaban J connectivity index is 1.08. The van der Waals surface area contributed by atoms with Crippen LogP contribution in [-0.2, 0) is 17.9 Å². The van der Waals surface area contributed by atoms with Crippen molar-refractivity contribution in [3.05, 3.63) is 65.6 Å². The van der Waals surface area contributed by atoms with Gasteiger partial charge in [-0.15, -0.1) is 5.10 Å². The molecule has 3 aromatic heterocycles. The number of benzene rings is 2. The highest BCUT2D eigenvalue weighted by atomic mass is 35.5. The van der Waals surface area contributed by atoms with Crippen molar-refractivity contribution in [1.29, 1.82) is 0 Å². The van der Waals surface area contributed by atoms with Crippen LogP contribution in [0.1, 0.15) is 12.1 Å². The lowest BCUT2D eigenvalue weighted by atomic mass is 10.2. The van der Waals surface area contributed by atoms with Crippen LogP contribution in [0.2, 0.25) is 5.02 Å². The summed E-state index contributed by atoms with van der Waals surface area (Å²) in [5, 5.41) is 16.9. The van der Waals surface area contributed by atoms with Crippen LogP contribution >= 0.6 is 11.6 Å². The lowest BCUT2D eigenvalue weighted by Gasteiger charge is -2.27. The molecule has 0 unspecified atom stereocenters. The molecule has 1 saturated heterocycles. The number of aryl methyl sites for hydroxylation is 1. The summed E-state index contributed by atoms with van der Waals surface area (Å²) >= 11 is 6.11. The van der Waals surface area contributed by atoms with Gasteiger partial charge in [0.2, 0.25) is 11.9 Å². The Kier molecular flexibility index (Phi) is 9.51. The normalized spacial score (nSPS) is 13.1. The Morgan fingerprint density at radius 3 is 2.60 bits per heavy atom. The maximum Gasteiger partial charge on any atom is 0.323 e. The maximum atomic E-state index is 6.11. The molecule has 234 valence electrons. The molecule has 0 radical (unpaired) electrons. The molecule has 0 spiro atoms. The molecule has 0 saturated carbocycles. The third-order valence-electron chi connectivity index (χ3n) is 7.02. The first kappa shape index (κ1) is 30.1. The number of hydrogen-bond acceptors (Lipinski definition) is 13. The van der Waals surface area contributed by atoms with E-state index in [0.29, 0.717) is 72.6 Å². The summed E-state index contributed by atoms with van der Waals surface area (Å²) < 4.78 is 24.1. The number of nitrogens with zero attached hydrogens (tertiary/aromatic N) is 8. The molecule has 1 fully saturated rings. The van der Waals surface area contributed by atoms with Crippen molar-refractivity contribution in [1.82, 2.24) is 34.9 Å². The molecular weight excluding hydrogens is 600 g/mol. The van der Waals surface area contributed by atoms with Crippen LogP contribution in [0.15, 0.2) is 54.9 Å². The number of rotatable bonds is 13. The lowest BCUT2D eigenvalue weighted by Crippen LogP contribution is -2.37. The van der Waals surface area contributed by atoms with Gasteiger partial charge in [-0.1, -0.05) is 16.8 Å². The van der Waals surface area contributed by atoms with Crippen LogP contribution in [-0.4, -0.2) is 82.0 Å². The third kappa shape index (κ3) is 7.77. The van der Waals surface area contributed by atoms with Gasteiger partial charge in [0.05, 0.1) is 39.1 Å². The van der Waals surface area contributed by atoms with Gasteiger partial charge in [0.25, 0.3) is 0 Å². The molecule has 0 bridgehead atoms. The van der Waals surface area contributed by atoms with Gasteiger partial charge in [0.15, 0.2) is 0 Å². The lowest BCUT2D eigenvalue weighted by molar-refractivity contribution is 0.122. The summed E-state index contributed by atoms with van der Waals surface area (Å²) in [5.41, 5.74) is 3.21. The fourth-order valence-corrected chi connectivity index (χ4v) is 4.94. The summed E-state index contributed by atoms with van der Waals surface area (Å²) in [6.45, 7) is 4.06. The highest BCUT2D eigenvalue weighted by molar-refractivity contribution is 6.31. The number of hydrogen-bond donors (Lipinski definition) is 2. The number of ether oxygens (including phenoxy) is 4. The Morgan fingerprint density at radius 1 is 0.978 bits per heavy atom. The van der Waals surface area contributed by atoms with E-state index in [1.165, 1.54) is 0 Å². The van der Waals surface area contributed by atoms with Crippen molar-refractivity contribution in [3.63, 3.8) is 0 Å². The first-order valence-electron chi connectivity index (χ1n) is 14.4. The Bertz CT molecular complexity index is 1730. The van der Waals surface area contributed by atoms with Gasteiger partial charge < -0.3 is 34.5 Å². The second kappa shape index (κ2) is 14.2. The van der Waals surface area contributed by atoms with Gasteiger partial charge in [-0.05, 0) is 30.7 Å². The summed E-state index contributed by atoms with van der Waals surface area (Å²) in [6.07, 6.45) is 4.47. The molecule has 0 atom stereocenters. The quantitative estimate of drug-likeness (QED) is 0.178. The number of halogens is 1. The molecule has 2 N–H and O–H groups in total. The average molecular weight is 633 g/mol. The van der Waals surface area contributed by atoms with Crippen molar-refractivity contribution < 1.29 is 18.9 Å². The van der Waals surface area contributed by atoms with Crippen molar-refractivity contribution >= 4 is 45.8 Å². The van der Waals surface area contributed by atoms with E-state index in [4.69, 9.17) is 30.5 Å².